The first-order chi connectivity index (χ1) is 12.5. The summed E-state index contributed by atoms with van der Waals surface area (Å²) in [5.74, 6) is 0. The van der Waals surface area contributed by atoms with E-state index in [9.17, 15) is 20.2 Å². The molecular weight excluding hydrogens is 336 g/mol. The second-order valence-corrected chi connectivity index (χ2v) is 5.45. The van der Waals surface area contributed by atoms with Crippen LogP contribution in [0, 0.1) is 20.2 Å². The third kappa shape index (κ3) is 3.29. The number of benzene rings is 3. The summed E-state index contributed by atoms with van der Waals surface area (Å²) in [7, 11) is 0. The molecule has 0 bridgehead atoms. The highest BCUT2D eigenvalue weighted by molar-refractivity contribution is 5.83. The smallest absolute Gasteiger partial charge is 0.300 e. The largest absolute Gasteiger partial charge is 0.399 e. The number of para-hydroxylation sites is 1. The van der Waals surface area contributed by atoms with E-state index in [1.807, 2.05) is 6.07 Å². The van der Waals surface area contributed by atoms with Crippen LogP contribution in [0.2, 0.25) is 0 Å². The molecule has 3 rings (SSSR count). The summed E-state index contributed by atoms with van der Waals surface area (Å²) in [6, 6.07) is 19.4. The van der Waals surface area contributed by atoms with Crippen molar-refractivity contribution in [1.29, 1.82) is 0 Å². The number of hydrogen-bond acceptors (Lipinski definition) is 6. The topological polar surface area (TPSA) is 116 Å². The molecule has 0 fully saturated rings. The Bertz CT molecular complexity index is 959. The van der Waals surface area contributed by atoms with E-state index >= 15 is 0 Å². The molecule has 8 nitrogen and oxygen atoms in total. The summed E-state index contributed by atoms with van der Waals surface area (Å²) in [6.07, 6.45) is 0. The maximum atomic E-state index is 11.6. The Morgan fingerprint density at radius 3 is 1.96 bits per heavy atom. The number of nitro groups is 2. The first-order valence-electron chi connectivity index (χ1n) is 7.61. The van der Waals surface area contributed by atoms with Crippen LogP contribution in [0.1, 0.15) is 0 Å². The zero-order valence-electron chi connectivity index (χ0n) is 13.5. The van der Waals surface area contributed by atoms with Crippen LogP contribution >= 0.6 is 0 Å². The fraction of sp³-hybridized carbons (Fsp3) is 0. The number of rotatable bonds is 5. The molecule has 0 saturated carbocycles. The van der Waals surface area contributed by atoms with Crippen LogP contribution in [0.3, 0.4) is 0 Å². The van der Waals surface area contributed by atoms with Crippen molar-refractivity contribution in [3.05, 3.63) is 93.0 Å². The van der Waals surface area contributed by atoms with Crippen LogP contribution in [-0.2, 0) is 0 Å². The molecule has 0 spiro atoms. The molecule has 0 saturated heterocycles. The third-order valence-corrected chi connectivity index (χ3v) is 3.77. The SMILES string of the molecule is Nc1ccc(N(c2ccccc2)c2ccc([N+](=O)[O-])cc2[N+](=O)[O-])cc1. The van der Waals surface area contributed by atoms with Gasteiger partial charge >= 0.3 is 0 Å². The van der Waals surface area contributed by atoms with E-state index in [1.54, 1.807) is 53.4 Å². The minimum atomic E-state index is -0.660. The Hall–Kier alpha value is -3.94. The van der Waals surface area contributed by atoms with Gasteiger partial charge in [-0.3, -0.25) is 20.2 Å². The van der Waals surface area contributed by atoms with E-state index in [0.29, 0.717) is 17.1 Å². The van der Waals surface area contributed by atoms with Gasteiger partial charge in [-0.15, -0.1) is 0 Å². The van der Waals surface area contributed by atoms with Gasteiger partial charge < -0.3 is 10.6 Å². The molecule has 0 amide bonds. The zero-order chi connectivity index (χ0) is 18.7. The highest BCUT2D eigenvalue weighted by Gasteiger charge is 2.25. The second-order valence-electron chi connectivity index (χ2n) is 5.45. The van der Waals surface area contributed by atoms with Crippen LogP contribution < -0.4 is 10.6 Å². The number of anilines is 4. The molecule has 0 aliphatic heterocycles. The van der Waals surface area contributed by atoms with Crippen molar-refractivity contribution in [2.24, 2.45) is 0 Å². The van der Waals surface area contributed by atoms with Crippen molar-refractivity contribution in [3.63, 3.8) is 0 Å². The van der Waals surface area contributed by atoms with Crippen molar-refractivity contribution in [2.75, 3.05) is 10.6 Å². The molecule has 0 aliphatic rings. The van der Waals surface area contributed by atoms with E-state index in [1.165, 1.54) is 12.1 Å². The molecule has 2 N–H and O–H groups in total. The average Bonchev–Trinajstić information content (AvgIpc) is 2.64. The lowest BCUT2D eigenvalue weighted by molar-refractivity contribution is -0.393. The minimum Gasteiger partial charge on any atom is -0.399 e. The van der Waals surface area contributed by atoms with Gasteiger partial charge in [0.15, 0.2) is 0 Å². The molecule has 3 aromatic rings. The number of nitro benzene ring substituents is 2. The van der Waals surface area contributed by atoms with Crippen LogP contribution in [0.25, 0.3) is 0 Å². The molecule has 0 atom stereocenters. The average molecular weight is 350 g/mol. The maximum absolute atomic E-state index is 11.6. The van der Waals surface area contributed by atoms with Gasteiger partial charge in [-0.1, -0.05) is 18.2 Å². The lowest BCUT2D eigenvalue weighted by atomic mass is 10.1. The number of nitrogens with two attached hydrogens (primary N) is 1. The van der Waals surface area contributed by atoms with E-state index in [2.05, 4.69) is 0 Å². The fourth-order valence-corrected chi connectivity index (χ4v) is 2.59. The Kier molecular flexibility index (Phi) is 4.48. The lowest BCUT2D eigenvalue weighted by Gasteiger charge is -2.25. The monoisotopic (exact) mass is 350 g/mol. The summed E-state index contributed by atoms with van der Waals surface area (Å²) in [5, 5.41) is 22.5. The van der Waals surface area contributed by atoms with Crippen molar-refractivity contribution < 1.29 is 9.85 Å². The second kappa shape index (κ2) is 6.89. The Morgan fingerprint density at radius 1 is 0.769 bits per heavy atom. The van der Waals surface area contributed by atoms with Crippen LogP contribution in [-0.4, -0.2) is 9.85 Å². The van der Waals surface area contributed by atoms with Crippen LogP contribution in [0.4, 0.5) is 34.1 Å². The first kappa shape index (κ1) is 16.9. The number of hydrogen-bond donors (Lipinski definition) is 1. The van der Waals surface area contributed by atoms with E-state index < -0.39 is 9.85 Å². The van der Waals surface area contributed by atoms with Crippen molar-refractivity contribution in [2.45, 2.75) is 0 Å². The Balaban J connectivity index is 2.24. The number of non-ortho nitro benzene ring substituents is 1. The molecule has 0 unspecified atom stereocenters. The maximum Gasteiger partial charge on any atom is 0.300 e. The molecule has 130 valence electrons. The predicted octanol–water partition coefficient (Wildman–Crippen LogP) is 4.56. The summed E-state index contributed by atoms with van der Waals surface area (Å²) < 4.78 is 0. The molecule has 0 aliphatic carbocycles. The van der Waals surface area contributed by atoms with Gasteiger partial charge in [-0.05, 0) is 42.5 Å². The molecule has 0 aromatic heterocycles. The van der Waals surface area contributed by atoms with Gasteiger partial charge in [0.05, 0.1) is 15.9 Å². The highest BCUT2D eigenvalue weighted by atomic mass is 16.6. The van der Waals surface area contributed by atoms with Gasteiger partial charge in [-0.2, -0.15) is 0 Å². The van der Waals surface area contributed by atoms with Crippen molar-refractivity contribution in [1.82, 2.24) is 0 Å². The van der Waals surface area contributed by atoms with Crippen molar-refractivity contribution in [3.8, 4) is 0 Å². The molecule has 8 heteroatoms. The van der Waals surface area contributed by atoms with Gasteiger partial charge in [0.2, 0.25) is 0 Å². The van der Waals surface area contributed by atoms with E-state index in [-0.39, 0.29) is 17.1 Å². The van der Waals surface area contributed by atoms with Gasteiger partial charge in [0.1, 0.15) is 5.69 Å². The number of nitrogens with zero attached hydrogens (tertiary/aromatic N) is 3. The normalized spacial score (nSPS) is 10.3. The summed E-state index contributed by atoms with van der Waals surface area (Å²) >= 11 is 0. The standard InChI is InChI=1S/C18H14N4O4/c19-13-6-8-15(9-7-13)20(14-4-2-1-3-5-14)17-11-10-16(21(23)24)12-18(17)22(25)26/h1-12H,19H2. The van der Waals surface area contributed by atoms with Crippen molar-refractivity contribution >= 4 is 34.1 Å². The summed E-state index contributed by atoms with van der Waals surface area (Å²) in [5.41, 5.74) is 7.12. The minimum absolute atomic E-state index is 0.219. The van der Waals surface area contributed by atoms with Gasteiger partial charge in [-0.25, -0.2) is 0 Å². The number of nitrogen functional groups attached to an aromatic ring is 1. The quantitative estimate of drug-likeness (QED) is 0.410. The molecule has 3 aromatic carbocycles. The lowest BCUT2D eigenvalue weighted by Crippen LogP contribution is -2.12. The Morgan fingerprint density at radius 2 is 1.38 bits per heavy atom. The predicted molar refractivity (Wildman–Crippen MR) is 98.8 cm³/mol. The molecule has 0 heterocycles. The molecule has 26 heavy (non-hydrogen) atoms. The molecule has 0 radical (unpaired) electrons. The van der Waals surface area contributed by atoms with Gasteiger partial charge in [0, 0.05) is 23.1 Å². The van der Waals surface area contributed by atoms with E-state index in [0.717, 1.165) is 6.07 Å². The highest BCUT2D eigenvalue weighted by Crippen LogP contribution is 2.41. The zero-order valence-corrected chi connectivity index (χ0v) is 13.5. The third-order valence-electron chi connectivity index (χ3n) is 3.77. The molecular formula is C18H14N4O4. The first-order valence-corrected chi connectivity index (χ1v) is 7.61. The fourth-order valence-electron chi connectivity index (χ4n) is 2.59. The van der Waals surface area contributed by atoms with Crippen LogP contribution in [0.5, 0.6) is 0 Å². The van der Waals surface area contributed by atoms with Gasteiger partial charge in [0.25, 0.3) is 11.4 Å². The van der Waals surface area contributed by atoms with E-state index in [4.69, 9.17) is 5.73 Å². The van der Waals surface area contributed by atoms with Crippen LogP contribution in [0.15, 0.2) is 72.8 Å². The summed E-state index contributed by atoms with van der Waals surface area (Å²) in [6.45, 7) is 0. The summed E-state index contributed by atoms with van der Waals surface area (Å²) in [4.78, 5) is 22.9. The Labute approximate surface area is 148 Å².